The molecule has 10 atom stereocenters. The molecule has 0 spiro atoms. The van der Waals surface area contributed by atoms with E-state index < -0.39 is 65.3 Å². The van der Waals surface area contributed by atoms with Gasteiger partial charge in [-0.05, 0) is 204 Å². The van der Waals surface area contributed by atoms with Gasteiger partial charge in [0.15, 0.2) is 6.29 Å². The molecule has 0 aromatic rings. The van der Waals surface area contributed by atoms with Crippen LogP contribution in [0.25, 0.3) is 0 Å². The summed E-state index contributed by atoms with van der Waals surface area (Å²) in [4.78, 5) is 0. The lowest BCUT2D eigenvalue weighted by atomic mass is 9.84. The van der Waals surface area contributed by atoms with Crippen LogP contribution in [0.5, 0.6) is 0 Å². The van der Waals surface area contributed by atoms with Crippen LogP contribution >= 0.6 is 0 Å². The van der Waals surface area contributed by atoms with Crippen molar-refractivity contribution in [1.82, 2.24) is 0 Å². The Balaban J connectivity index is 2.28. The minimum atomic E-state index is -1.45. The molecule has 62 heavy (non-hydrogen) atoms. The van der Waals surface area contributed by atoms with Crippen LogP contribution in [0.1, 0.15) is 204 Å². The Morgan fingerprint density at radius 2 is 0.839 bits per heavy atom. The molecular formula is C51H94O11. The van der Waals surface area contributed by atoms with Gasteiger partial charge in [0.05, 0.1) is 41.2 Å². The topological polar surface area (TPSA) is 201 Å². The predicted molar refractivity (Wildman–Crippen MR) is 250 cm³/mol. The third kappa shape index (κ3) is 27.1. The maximum absolute atomic E-state index is 11.1. The second-order valence-electron chi connectivity index (χ2n) is 20.8. The second kappa shape index (κ2) is 28.5. The van der Waals surface area contributed by atoms with Crippen molar-refractivity contribution in [1.29, 1.82) is 0 Å². The summed E-state index contributed by atoms with van der Waals surface area (Å²) >= 11 is 0. The highest BCUT2D eigenvalue weighted by Gasteiger charge is 2.44. The van der Waals surface area contributed by atoms with Crippen molar-refractivity contribution in [3.05, 3.63) is 46.6 Å². The predicted octanol–water partition coefficient (Wildman–Crippen LogP) is 8.56. The van der Waals surface area contributed by atoms with Crippen LogP contribution in [0.15, 0.2) is 46.6 Å². The van der Waals surface area contributed by atoms with Crippen molar-refractivity contribution in [3.63, 3.8) is 0 Å². The molecule has 11 heteroatoms. The van der Waals surface area contributed by atoms with Gasteiger partial charge in [-0.2, -0.15) is 0 Å². The van der Waals surface area contributed by atoms with E-state index in [0.717, 1.165) is 63.4 Å². The van der Waals surface area contributed by atoms with Crippen molar-refractivity contribution >= 4 is 0 Å². The number of aliphatic hydroxyl groups excluding tert-OH is 4. The second-order valence-corrected chi connectivity index (χ2v) is 20.8. The third-order valence-electron chi connectivity index (χ3n) is 12.8. The fourth-order valence-electron chi connectivity index (χ4n) is 8.33. The normalized spacial score (nSPS) is 25.3. The minimum Gasteiger partial charge on any atom is -0.394 e. The highest BCUT2D eigenvalue weighted by Crippen LogP contribution is 2.31. The first kappa shape index (κ1) is 58.5. The number of aliphatic hydroxyl groups is 9. The lowest BCUT2D eigenvalue weighted by Crippen LogP contribution is -2.59. The number of allylic oxidation sites excluding steroid dienone is 7. The van der Waals surface area contributed by atoms with E-state index in [0.29, 0.717) is 77.0 Å². The quantitative estimate of drug-likeness (QED) is 0.0286. The van der Waals surface area contributed by atoms with Gasteiger partial charge in [-0.25, -0.2) is 0 Å². The summed E-state index contributed by atoms with van der Waals surface area (Å²) in [6.07, 6.45) is 17.7. The highest BCUT2D eigenvalue weighted by molar-refractivity contribution is 5.06. The largest absolute Gasteiger partial charge is 0.394 e. The summed E-state index contributed by atoms with van der Waals surface area (Å²) in [5.74, 6) is 0. The molecule has 0 amide bonds. The summed E-state index contributed by atoms with van der Waals surface area (Å²) in [6.45, 7) is 19.4. The molecule has 0 aromatic carbocycles. The van der Waals surface area contributed by atoms with Gasteiger partial charge in [0.2, 0.25) is 0 Å². The number of hydrogen-bond acceptors (Lipinski definition) is 11. The van der Waals surface area contributed by atoms with E-state index >= 15 is 0 Å². The fourth-order valence-corrected chi connectivity index (χ4v) is 8.33. The van der Waals surface area contributed by atoms with E-state index in [2.05, 4.69) is 45.9 Å². The van der Waals surface area contributed by atoms with Gasteiger partial charge >= 0.3 is 0 Å². The summed E-state index contributed by atoms with van der Waals surface area (Å²) in [6, 6.07) is 0. The Hall–Kier alpha value is -1.48. The molecule has 5 unspecified atom stereocenters. The van der Waals surface area contributed by atoms with Crippen molar-refractivity contribution in [3.8, 4) is 0 Å². The zero-order chi connectivity index (χ0) is 47.2. The van der Waals surface area contributed by atoms with E-state index in [1.165, 1.54) is 16.7 Å². The van der Waals surface area contributed by atoms with Crippen LogP contribution in [-0.2, 0) is 9.47 Å². The van der Waals surface area contributed by atoms with Gasteiger partial charge in [0.25, 0.3) is 0 Å². The van der Waals surface area contributed by atoms with Crippen LogP contribution in [0, 0.1) is 0 Å². The molecular weight excluding hydrogens is 789 g/mol. The third-order valence-corrected chi connectivity index (χ3v) is 12.8. The number of ether oxygens (including phenoxy) is 2. The minimum absolute atomic E-state index is 0.173. The average Bonchev–Trinajstić information content (AvgIpc) is 3.13. The molecule has 1 saturated heterocycles. The molecule has 0 aromatic heterocycles. The SMILES string of the molecule is CC(C)=CCCC(C)(O)CCCC(C)(O)CCCC(C)(O)CCCC(C)(O)CCCC(C)(O)CCC/C(C)=C/CC/C(C)=C\CC/C(C)=C/CO[C@@H]1O[C@H](CO)[C@@H](O)[C@H](O)[C@H]1O. The molecule has 1 heterocycles. The van der Waals surface area contributed by atoms with E-state index in [1.807, 2.05) is 47.6 Å². The fraction of sp³-hybridized carbons (Fsp3) is 0.843. The van der Waals surface area contributed by atoms with Crippen molar-refractivity contribution in [2.45, 2.75) is 263 Å². The number of hydrogen-bond donors (Lipinski definition) is 9. The highest BCUT2D eigenvalue weighted by atomic mass is 16.7. The Kier molecular flexibility index (Phi) is 26.9. The standard InChI is InChI=1S/C51H94O11/c1-38(2)19-13-26-47(6,56)28-15-30-49(8,58)32-17-34-51(10,60)35-18-33-50(9,59)31-16-29-48(7,57)27-14-24-40(4)22-11-20-39(3)21-12-23-41(5)25-36-61-46-45(55)44(54)43(53)42(37-52)62-46/h19,21-22,25,42-46,52-60H,11-18,20,23-24,26-37H2,1-10H3/b39-21-,40-22+,41-25+/t42-,43-,44+,45-,46-,47?,48?,49?,50?,51?/m1/s1. The summed E-state index contributed by atoms with van der Waals surface area (Å²) in [5.41, 5.74) is 0.929. The van der Waals surface area contributed by atoms with Gasteiger partial charge in [-0.1, -0.05) is 46.6 Å². The first-order valence-corrected chi connectivity index (χ1v) is 23.8. The maximum atomic E-state index is 11.1. The first-order valence-electron chi connectivity index (χ1n) is 23.8. The van der Waals surface area contributed by atoms with Crippen LogP contribution in [0.4, 0.5) is 0 Å². The lowest BCUT2D eigenvalue weighted by molar-refractivity contribution is -0.298. The molecule has 9 N–H and O–H groups in total. The maximum Gasteiger partial charge on any atom is 0.187 e. The van der Waals surface area contributed by atoms with Gasteiger partial charge in [0, 0.05) is 0 Å². The molecule has 0 saturated carbocycles. The van der Waals surface area contributed by atoms with Crippen LogP contribution in [-0.4, -0.2) is 118 Å². The molecule has 364 valence electrons. The lowest BCUT2D eigenvalue weighted by Gasteiger charge is -2.39. The Morgan fingerprint density at radius 3 is 1.24 bits per heavy atom. The summed E-state index contributed by atoms with van der Waals surface area (Å²) in [7, 11) is 0. The van der Waals surface area contributed by atoms with Crippen molar-refractivity contribution in [2.24, 2.45) is 0 Å². The molecule has 0 radical (unpaired) electrons. The van der Waals surface area contributed by atoms with E-state index in [-0.39, 0.29) is 6.61 Å². The van der Waals surface area contributed by atoms with E-state index in [9.17, 15) is 46.0 Å². The van der Waals surface area contributed by atoms with Crippen molar-refractivity contribution in [2.75, 3.05) is 13.2 Å². The molecule has 1 aliphatic heterocycles. The smallest absolute Gasteiger partial charge is 0.187 e. The molecule has 1 aliphatic rings. The summed E-state index contributed by atoms with van der Waals surface area (Å²) < 4.78 is 10.9. The average molecular weight is 883 g/mol. The Labute approximate surface area is 377 Å². The molecule has 0 bridgehead atoms. The van der Waals surface area contributed by atoms with Gasteiger partial charge in [0.1, 0.15) is 24.4 Å². The van der Waals surface area contributed by atoms with Crippen LogP contribution in [0.2, 0.25) is 0 Å². The Morgan fingerprint density at radius 1 is 0.468 bits per heavy atom. The zero-order valence-corrected chi connectivity index (χ0v) is 40.8. The van der Waals surface area contributed by atoms with Crippen molar-refractivity contribution < 1.29 is 55.4 Å². The molecule has 0 aliphatic carbocycles. The first-order chi connectivity index (χ1) is 28.7. The Bertz CT molecular complexity index is 1350. The van der Waals surface area contributed by atoms with Gasteiger partial charge in [-0.3, -0.25) is 0 Å². The zero-order valence-electron chi connectivity index (χ0n) is 40.8. The van der Waals surface area contributed by atoms with Gasteiger partial charge < -0.3 is 55.4 Å². The van der Waals surface area contributed by atoms with Gasteiger partial charge in [-0.15, -0.1) is 0 Å². The monoisotopic (exact) mass is 883 g/mol. The van der Waals surface area contributed by atoms with Crippen LogP contribution < -0.4 is 0 Å². The molecule has 1 rings (SSSR count). The van der Waals surface area contributed by atoms with Crippen LogP contribution in [0.3, 0.4) is 0 Å². The van der Waals surface area contributed by atoms with E-state index in [1.54, 1.807) is 0 Å². The number of rotatable bonds is 33. The summed E-state index contributed by atoms with van der Waals surface area (Å²) in [5, 5.41) is 94.1. The molecule has 11 nitrogen and oxygen atoms in total. The van der Waals surface area contributed by atoms with E-state index in [4.69, 9.17) is 9.47 Å². The molecule has 1 fully saturated rings.